The summed E-state index contributed by atoms with van der Waals surface area (Å²) in [5.74, 6) is 1.26. The first-order valence-corrected chi connectivity index (χ1v) is 7.86. The molecule has 1 aliphatic carbocycles. The molecule has 1 aromatic rings. The first-order valence-electron chi connectivity index (χ1n) is 7.48. The molecule has 1 aromatic carbocycles. The SMILES string of the molecule is C[C@@H](OCC1CC1)C(=O)N[C@H]1CCOc2c(Cl)cccc21. The number of rotatable bonds is 5. The first-order chi connectivity index (χ1) is 10.1. The summed E-state index contributed by atoms with van der Waals surface area (Å²) in [6, 6.07) is 5.56. The predicted molar refractivity (Wildman–Crippen MR) is 80.6 cm³/mol. The lowest BCUT2D eigenvalue weighted by Crippen LogP contribution is -2.39. The quantitative estimate of drug-likeness (QED) is 0.909. The number of fused-ring (bicyclic) bond motifs is 1. The summed E-state index contributed by atoms with van der Waals surface area (Å²) >= 11 is 6.14. The van der Waals surface area contributed by atoms with Crippen LogP contribution in [0.2, 0.25) is 5.02 Å². The first kappa shape index (κ1) is 14.7. The molecule has 1 heterocycles. The highest BCUT2D eigenvalue weighted by atomic mass is 35.5. The number of carbonyl (C=O) groups excluding carboxylic acids is 1. The Hall–Kier alpha value is -1.26. The molecule has 1 aliphatic heterocycles. The third-order valence-electron chi connectivity index (χ3n) is 3.99. The molecule has 5 heteroatoms. The maximum atomic E-state index is 12.2. The van der Waals surface area contributed by atoms with Gasteiger partial charge in [0.25, 0.3) is 0 Å². The maximum Gasteiger partial charge on any atom is 0.249 e. The van der Waals surface area contributed by atoms with Crippen molar-refractivity contribution in [1.82, 2.24) is 5.32 Å². The summed E-state index contributed by atoms with van der Waals surface area (Å²) in [6.45, 7) is 3.04. The zero-order chi connectivity index (χ0) is 14.8. The summed E-state index contributed by atoms with van der Waals surface area (Å²) in [5, 5.41) is 3.63. The number of nitrogens with one attached hydrogen (secondary N) is 1. The molecule has 1 amide bonds. The lowest BCUT2D eigenvalue weighted by Gasteiger charge is -2.28. The van der Waals surface area contributed by atoms with Crippen LogP contribution in [-0.2, 0) is 9.53 Å². The van der Waals surface area contributed by atoms with E-state index in [9.17, 15) is 4.79 Å². The Morgan fingerprint density at radius 2 is 2.29 bits per heavy atom. The van der Waals surface area contributed by atoms with Crippen LogP contribution in [0, 0.1) is 5.92 Å². The van der Waals surface area contributed by atoms with E-state index in [0.29, 0.717) is 29.9 Å². The van der Waals surface area contributed by atoms with Crippen molar-refractivity contribution >= 4 is 17.5 Å². The molecule has 0 radical (unpaired) electrons. The molecule has 1 N–H and O–H groups in total. The van der Waals surface area contributed by atoms with Crippen molar-refractivity contribution < 1.29 is 14.3 Å². The van der Waals surface area contributed by atoms with Crippen LogP contribution in [0.5, 0.6) is 5.75 Å². The Balaban J connectivity index is 1.62. The molecule has 2 aliphatic rings. The Kier molecular flexibility index (Phi) is 4.36. The highest BCUT2D eigenvalue weighted by molar-refractivity contribution is 6.32. The van der Waals surface area contributed by atoms with Gasteiger partial charge in [0.05, 0.1) is 24.3 Å². The van der Waals surface area contributed by atoms with Crippen LogP contribution in [0.15, 0.2) is 18.2 Å². The fraction of sp³-hybridized carbons (Fsp3) is 0.562. The number of hydrogen-bond acceptors (Lipinski definition) is 3. The van der Waals surface area contributed by atoms with Crippen molar-refractivity contribution in [3.63, 3.8) is 0 Å². The molecule has 1 saturated carbocycles. The van der Waals surface area contributed by atoms with Crippen molar-refractivity contribution in [3.05, 3.63) is 28.8 Å². The maximum absolute atomic E-state index is 12.2. The minimum Gasteiger partial charge on any atom is -0.492 e. The highest BCUT2D eigenvalue weighted by Gasteiger charge is 2.28. The van der Waals surface area contributed by atoms with Gasteiger partial charge in [-0.25, -0.2) is 0 Å². The predicted octanol–water partition coefficient (Wildman–Crippen LogP) is 3.09. The van der Waals surface area contributed by atoms with Gasteiger partial charge >= 0.3 is 0 Å². The lowest BCUT2D eigenvalue weighted by atomic mass is 10.0. The Labute approximate surface area is 129 Å². The average molecular weight is 310 g/mol. The molecule has 0 spiro atoms. The second kappa shape index (κ2) is 6.24. The highest BCUT2D eigenvalue weighted by Crippen LogP contribution is 2.37. The third-order valence-corrected chi connectivity index (χ3v) is 4.29. The van der Waals surface area contributed by atoms with Crippen molar-refractivity contribution in [2.45, 2.75) is 38.3 Å². The van der Waals surface area contributed by atoms with E-state index in [1.165, 1.54) is 12.8 Å². The van der Waals surface area contributed by atoms with Crippen molar-refractivity contribution in [3.8, 4) is 5.75 Å². The van der Waals surface area contributed by atoms with Gasteiger partial charge in [-0.1, -0.05) is 23.7 Å². The molecule has 21 heavy (non-hydrogen) atoms. The fourth-order valence-corrected chi connectivity index (χ4v) is 2.70. The van der Waals surface area contributed by atoms with Crippen LogP contribution < -0.4 is 10.1 Å². The van der Waals surface area contributed by atoms with Gasteiger partial charge in [0, 0.05) is 12.0 Å². The smallest absolute Gasteiger partial charge is 0.249 e. The van der Waals surface area contributed by atoms with Gasteiger partial charge in [-0.05, 0) is 31.7 Å². The molecule has 2 atom stereocenters. The second-order valence-electron chi connectivity index (χ2n) is 5.78. The summed E-state index contributed by atoms with van der Waals surface area (Å²) < 4.78 is 11.2. The Morgan fingerprint density at radius 1 is 1.48 bits per heavy atom. The van der Waals surface area contributed by atoms with E-state index in [-0.39, 0.29) is 11.9 Å². The van der Waals surface area contributed by atoms with E-state index in [4.69, 9.17) is 21.1 Å². The van der Waals surface area contributed by atoms with E-state index < -0.39 is 6.10 Å². The van der Waals surface area contributed by atoms with Crippen molar-refractivity contribution in [2.24, 2.45) is 5.92 Å². The normalized spacial score (nSPS) is 22.1. The van der Waals surface area contributed by atoms with Gasteiger partial charge in [-0.2, -0.15) is 0 Å². The molecule has 0 unspecified atom stereocenters. The van der Waals surface area contributed by atoms with Crippen LogP contribution >= 0.6 is 11.6 Å². The van der Waals surface area contributed by atoms with E-state index >= 15 is 0 Å². The molecule has 114 valence electrons. The summed E-state index contributed by atoms with van der Waals surface area (Å²) in [7, 11) is 0. The molecular weight excluding hydrogens is 290 g/mol. The molecule has 0 aromatic heterocycles. The molecule has 3 rings (SSSR count). The minimum absolute atomic E-state index is 0.0630. The van der Waals surface area contributed by atoms with Crippen molar-refractivity contribution in [2.75, 3.05) is 13.2 Å². The van der Waals surface area contributed by atoms with Crippen LogP contribution in [0.4, 0.5) is 0 Å². The van der Waals surface area contributed by atoms with E-state index in [1.54, 1.807) is 13.0 Å². The fourth-order valence-electron chi connectivity index (χ4n) is 2.47. The monoisotopic (exact) mass is 309 g/mol. The summed E-state index contributed by atoms with van der Waals surface area (Å²) in [4.78, 5) is 12.2. The zero-order valence-corrected chi connectivity index (χ0v) is 12.9. The van der Waals surface area contributed by atoms with E-state index in [2.05, 4.69) is 5.32 Å². The number of para-hydroxylation sites is 1. The van der Waals surface area contributed by atoms with Gasteiger partial charge in [0.1, 0.15) is 11.9 Å². The number of carbonyl (C=O) groups is 1. The lowest BCUT2D eigenvalue weighted by molar-refractivity contribution is -0.133. The number of halogens is 1. The van der Waals surface area contributed by atoms with Gasteiger partial charge in [0.2, 0.25) is 5.91 Å². The van der Waals surface area contributed by atoms with Gasteiger partial charge in [0.15, 0.2) is 0 Å². The summed E-state index contributed by atoms with van der Waals surface area (Å²) in [6.07, 6.45) is 2.77. The van der Waals surface area contributed by atoms with E-state index in [1.807, 2.05) is 12.1 Å². The topological polar surface area (TPSA) is 47.6 Å². The van der Waals surface area contributed by atoms with Crippen LogP contribution in [-0.4, -0.2) is 25.2 Å². The molecule has 4 nitrogen and oxygen atoms in total. The van der Waals surface area contributed by atoms with Crippen LogP contribution in [0.3, 0.4) is 0 Å². The average Bonchev–Trinajstić information content (AvgIpc) is 3.30. The number of benzene rings is 1. The molecule has 0 saturated heterocycles. The van der Waals surface area contributed by atoms with Gasteiger partial charge in [-0.15, -0.1) is 0 Å². The summed E-state index contributed by atoms with van der Waals surface area (Å²) in [5.41, 5.74) is 0.941. The van der Waals surface area contributed by atoms with Gasteiger partial charge in [-0.3, -0.25) is 4.79 Å². The van der Waals surface area contributed by atoms with Gasteiger partial charge < -0.3 is 14.8 Å². The third kappa shape index (κ3) is 3.50. The molecule has 1 fully saturated rings. The minimum atomic E-state index is -0.420. The number of ether oxygens (including phenoxy) is 2. The second-order valence-corrected chi connectivity index (χ2v) is 6.18. The van der Waals surface area contributed by atoms with Crippen molar-refractivity contribution in [1.29, 1.82) is 0 Å². The Morgan fingerprint density at radius 3 is 3.05 bits per heavy atom. The van der Waals surface area contributed by atoms with Crippen LogP contribution in [0.25, 0.3) is 0 Å². The molecular formula is C16H20ClNO3. The standard InChI is InChI=1S/C16H20ClNO3/c1-10(21-9-11-5-6-11)16(19)18-14-7-8-20-15-12(14)3-2-4-13(15)17/h2-4,10-11,14H,5-9H2,1H3,(H,18,19)/t10-,14+/m1/s1. The Bertz CT molecular complexity index is 530. The number of amides is 1. The van der Waals surface area contributed by atoms with E-state index in [0.717, 1.165) is 12.0 Å². The molecule has 0 bridgehead atoms. The zero-order valence-electron chi connectivity index (χ0n) is 12.1. The van der Waals surface area contributed by atoms with Crippen LogP contribution in [0.1, 0.15) is 37.8 Å². The largest absolute Gasteiger partial charge is 0.492 e. The number of hydrogen-bond donors (Lipinski definition) is 1.